The van der Waals surface area contributed by atoms with Crippen molar-refractivity contribution in [1.82, 2.24) is 10.2 Å². The van der Waals surface area contributed by atoms with E-state index >= 15 is 0 Å². The summed E-state index contributed by atoms with van der Waals surface area (Å²) in [6.07, 6.45) is 1.91. The lowest BCUT2D eigenvalue weighted by Gasteiger charge is -2.31. The van der Waals surface area contributed by atoms with Gasteiger partial charge in [-0.15, -0.1) is 0 Å². The highest BCUT2D eigenvalue weighted by Gasteiger charge is 2.27. The van der Waals surface area contributed by atoms with Crippen molar-refractivity contribution in [2.24, 2.45) is 17.6 Å². The molecule has 1 fully saturated rings. The summed E-state index contributed by atoms with van der Waals surface area (Å²) >= 11 is 0. The van der Waals surface area contributed by atoms with Crippen molar-refractivity contribution in [3.63, 3.8) is 0 Å². The maximum Gasteiger partial charge on any atom is 0.320 e. The zero-order valence-electron chi connectivity index (χ0n) is 12.7. The van der Waals surface area contributed by atoms with Gasteiger partial charge in [0.05, 0.1) is 12.5 Å². The molecule has 0 aromatic heterocycles. The number of carbonyl (C=O) groups excluding carboxylic acids is 2. The molecule has 1 aliphatic rings. The van der Waals surface area contributed by atoms with Crippen LogP contribution in [-0.4, -0.2) is 53.5 Å². The van der Waals surface area contributed by atoms with E-state index in [-0.39, 0.29) is 30.2 Å². The Balaban J connectivity index is 2.48. The molecule has 1 rings (SSSR count). The fraction of sp³-hybridized carbons (Fsp3) is 0.786. The Morgan fingerprint density at radius 1 is 1.38 bits per heavy atom. The van der Waals surface area contributed by atoms with E-state index in [0.29, 0.717) is 25.9 Å². The van der Waals surface area contributed by atoms with Gasteiger partial charge in [-0.3, -0.25) is 19.7 Å². The molecule has 2 unspecified atom stereocenters. The molecule has 120 valence electrons. The predicted octanol–water partition coefficient (Wildman–Crippen LogP) is -0.201. The Kier molecular flexibility index (Phi) is 6.61. The highest BCUT2D eigenvalue weighted by molar-refractivity contribution is 5.82. The lowest BCUT2D eigenvalue weighted by molar-refractivity contribution is -0.140. The zero-order valence-corrected chi connectivity index (χ0v) is 12.7. The number of aliphatic carboxylic acids is 1. The van der Waals surface area contributed by atoms with E-state index in [9.17, 15) is 14.4 Å². The Hall–Kier alpha value is -1.63. The summed E-state index contributed by atoms with van der Waals surface area (Å²) in [6, 6.07) is -0.731. The van der Waals surface area contributed by atoms with Crippen LogP contribution in [0.2, 0.25) is 0 Å². The quantitative estimate of drug-likeness (QED) is 0.602. The molecular weight excluding hydrogens is 274 g/mol. The fourth-order valence-corrected chi connectivity index (χ4v) is 2.50. The fourth-order valence-electron chi connectivity index (χ4n) is 2.50. The number of nitrogens with two attached hydrogens (primary N) is 1. The summed E-state index contributed by atoms with van der Waals surface area (Å²) in [6.45, 7) is 4.75. The number of hydrogen-bond donors (Lipinski definition) is 3. The number of likely N-dealkylation sites (tertiary alicyclic amines) is 1. The van der Waals surface area contributed by atoms with E-state index in [1.165, 1.54) is 0 Å². The van der Waals surface area contributed by atoms with E-state index in [0.717, 1.165) is 6.42 Å². The van der Waals surface area contributed by atoms with Crippen LogP contribution in [0.1, 0.15) is 33.1 Å². The Morgan fingerprint density at radius 2 is 2.05 bits per heavy atom. The van der Waals surface area contributed by atoms with E-state index in [1.807, 2.05) is 13.8 Å². The first-order valence-corrected chi connectivity index (χ1v) is 7.34. The van der Waals surface area contributed by atoms with Gasteiger partial charge >= 0.3 is 5.97 Å². The molecule has 21 heavy (non-hydrogen) atoms. The highest BCUT2D eigenvalue weighted by Crippen LogP contribution is 2.16. The maximum absolute atomic E-state index is 12.1. The van der Waals surface area contributed by atoms with Gasteiger partial charge < -0.3 is 15.7 Å². The number of piperidine rings is 1. The van der Waals surface area contributed by atoms with Gasteiger partial charge in [0.1, 0.15) is 6.04 Å². The molecule has 1 saturated heterocycles. The third-order valence-electron chi connectivity index (χ3n) is 3.68. The number of carbonyl (C=O) groups is 3. The molecule has 0 aromatic carbocycles. The summed E-state index contributed by atoms with van der Waals surface area (Å²) in [7, 11) is 0. The van der Waals surface area contributed by atoms with Crippen molar-refractivity contribution in [3.05, 3.63) is 0 Å². The first-order valence-electron chi connectivity index (χ1n) is 7.34. The molecule has 2 atom stereocenters. The topological polar surface area (TPSA) is 113 Å². The number of carboxylic acid groups (broad SMARTS) is 1. The van der Waals surface area contributed by atoms with Gasteiger partial charge in [0, 0.05) is 13.1 Å². The van der Waals surface area contributed by atoms with Crippen LogP contribution in [-0.2, 0) is 14.4 Å². The smallest absolute Gasteiger partial charge is 0.320 e. The van der Waals surface area contributed by atoms with Crippen LogP contribution in [0.25, 0.3) is 0 Å². The van der Waals surface area contributed by atoms with Crippen molar-refractivity contribution >= 4 is 17.8 Å². The molecule has 0 radical (unpaired) electrons. The highest BCUT2D eigenvalue weighted by atomic mass is 16.4. The van der Waals surface area contributed by atoms with Gasteiger partial charge in [-0.25, -0.2) is 0 Å². The summed E-state index contributed by atoms with van der Waals surface area (Å²) in [5.74, 6) is -1.60. The standard InChI is InChI=1S/C14H25N3O4/c1-9(2)6-11(14(20)21)16-7-12(18)17-5-3-4-10(8-17)13(15)19/h9-11,16H,3-8H2,1-2H3,(H2,15,19)(H,20,21). The van der Waals surface area contributed by atoms with E-state index in [2.05, 4.69) is 5.32 Å². The van der Waals surface area contributed by atoms with Gasteiger partial charge in [0.2, 0.25) is 11.8 Å². The molecule has 2 amide bonds. The van der Waals surface area contributed by atoms with Crippen molar-refractivity contribution in [1.29, 1.82) is 0 Å². The predicted molar refractivity (Wildman–Crippen MR) is 77.4 cm³/mol. The largest absolute Gasteiger partial charge is 0.480 e. The van der Waals surface area contributed by atoms with Crippen molar-refractivity contribution < 1.29 is 19.5 Å². The van der Waals surface area contributed by atoms with Crippen LogP contribution >= 0.6 is 0 Å². The summed E-state index contributed by atoms with van der Waals surface area (Å²) in [5.41, 5.74) is 5.28. The number of hydrogen-bond acceptors (Lipinski definition) is 4. The van der Waals surface area contributed by atoms with Crippen LogP contribution in [0.4, 0.5) is 0 Å². The van der Waals surface area contributed by atoms with Crippen molar-refractivity contribution in [2.75, 3.05) is 19.6 Å². The normalized spacial score (nSPS) is 20.3. The lowest BCUT2D eigenvalue weighted by Crippen LogP contribution is -2.49. The number of nitrogens with one attached hydrogen (secondary N) is 1. The number of carboxylic acids is 1. The van der Waals surface area contributed by atoms with Gasteiger partial charge in [0.15, 0.2) is 0 Å². The number of amides is 2. The Morgan fingerprint density at radius 3 is 2.57 bits per heavy atom. The van der Waals surface area contributed by atoms with Gasteiger partial charge in [-0.1, -0.05) is 13.8 Å². The second-order valence-electron chi connectivity index (χ2n) is 5.98. The molecule has 0 aromatic rings. The molecule has 7 heteroatoms. The molecule has 4 N–H and O–H groups in total. The molecule has 7 nitrogen and oxygen atoms in total. The van der Waals surface area contributed by atoms with E-state index in [1.54, 1.807) is 4.90 Å². The second kappa shape index (κ2) is 7.97. The summed E-state index contributed by atoms with van der Waals surface area (Å²) in [4.78, 5) is 36.0. The van der Waals surface area contributed by atoms with Crippen LogP contribution in [0.3, 0.4) is 0 Å². The second-order valence-corrected chi connectivity index (χ2v) is 5.98. The first-order chi connectivity index (χ1) is 9.81. The lowest BCUT2D eigenvalue weighted by atomic mass is 9.97. The van der Waals surface area contributed by atoms with E-state index in [4.69, 9.17) is 10.8 Å². The number of rotatable bonds is 7. The van der Waals surface area contributed by atoms with Gasteiger partial charge in [-0.05, 0) is 25.2 Å². The summed E-state index contributed by atoms with van der Waals surface area (Å²) in [5, 5.41) is 11.9. The number of nitrogens with zero attached hydrogens (tertiary/aromatic N) is 1. The maximum atomic E-state index is 12.1. The first kappa shape index (κ1) is 17.4. The van der Waals surface area contributed by atoms with Crippen LogP contribution < -0.4 is 11.1 Å². The SMILES string of the molecule is CC(C)CC(NCC(=O)N1CCCC(C(N)=O)C1)C(=O)O. The van der Waals surface area contributed by atoms with Gasteiger partial charge in [-0.2, -0.15) is 0 Å². The Bertz CT molecular complexity index is 398. The average molecular weight is 299 g/mol. The molecule has 0 spiro atoms. The monoisotopic (exact) mass is 299 g/mol. The molecule has 1 aliphatic heterocycles. The van der Waals surface area contributed by atoms with E-state index < -0.39 is 12.0 Å². The summed E-state index contributed by atoms with van der Waals surface area (Å²) < 4.78 is 0. The van der Waals surface area contributed by atoms with Gasteiger partial charge in [0.25, 0.3) is 0 Å². The van der Waals surface area contributed by atoms with Crippen molar-refractivity contribution in [2.45, 2.75) is 39.2 Å². The molecule has 0 saturated carbocycles. The minimum atomic E-state index is -0.954. The Labute approximate surface area is 124 Å². The zero-order chi connectivity index (χ0) is 16.0. The minimum absolute atomic E-state index is 0.0326. The average Bonchev–Trinajstić information content (AvgIpc) is 2.42. The number of primary amides is 1. The van der Waals surface area contributed by atoms with Crippen LogP contribution in [0.5, 0.6) is 0 Å². The minimum Gasteiger partial charge on any atom is -0.480 e. The third kappa shape index (κ3) is 5.71. The molecule has 0 aliphatic carbocycles. The molecule has 0 bridgehead atoms. The van der Waals surface area contributed by atoms with Crippen molar-refractivity contribution in [3.8, 4) is 0 Å². The van der Waals surface area contributed by atoms with Crippen LogP contribution in [0, 0.1) is 11.8 Å². The third-order valence-corrected chi connectivity index (χ3v) is 3.68. The van der Waals surface area contributed by atoms with Crippen LogP contribution in [0.15, 0.2) is 0 Å². The molecule has 1 heterocycles. The molecular formula is C14H25N3O4.